The molecule has 1 atom stereocenters. The maximum atomic E-state index is 4.64. The number of thiazole rings is 1. The molecule has 1 fully saturated rings. The lowest BCUT2D eigenvalue weighted by molar-refractivity contribution is 0.732. The molecule has 7 nitrogen and oxygen atoms in total. The molecular weight excluding hydrogens is 322 g/mol. The van der Waals surface area contributed by atoms with Crippen molar-refractivity contribution in [2.24, 2.45) is 0 Å². The van der Waals surface area contributed by atoms with Crippen LogP contribution >= 0.6 is 11.3 Å². The zero-order valence-corrected chi connectivity index (χ0v) is 14.1. The first kappa shape index (κ1) is 14.9. The van der Waals surface area contributed by atoms with Crippen molar-refractivity contribution in [1.82, 2.24) is 24.9 Å². The molecule has 1 aliphatic rings. The molecule has 3 aromatic heterocycles. The van der Waals surface area contributed by atoms with Crippen molar-refractivity contribution in [2.45, 2.75) is 19.3 Å². The summed E-state index contributed by atoms with van der Waals surface area (Å²) < 4.78 is 0. The van der Waals surface area contributed by atoms with E-state index in [0.29, 0.717) is 5.92 Å². The first-order chi connectivity index (χ1) is 11.8. The number of hydrogen-bond acceptors (Lipinski definition) is 8. The van der Waals surface area contributed by atoms with Crippen molar-refractivity contribution in [3.8, 4) is 0 Å². The van der Waals surface area contributed by atoms with Gasteiger partial charge in [-0.2, -0.15) is 0 Å². The van der Waals surface area contributed by atoms with Crippen LogP contribution in [0.2, 0.25) is 0 Å². The predicted molar refractivity (Wildman–Crippen MR) is 93.8 cm³/mol. The normalized spacial score (nSPS) is 17.2. The third kappa shape index (κ3) is 3.18. The standard InChI is InChI=1S/C16H17N7S/c1-11-20-13(9-14(21-11)22-16-19-6-8-24-16)12-3-7-23(10-12)15-17-4-2-5-18-15/h2,4-6,8-9,12H,3,7,10H2,1H3,(H,19,20,21,22). The van der Waals surface area contributed by atoms with Crippen LogP contribution in [0.1, 0.15) is 23.9 Å². The molecule has 0 radical (unpaired) electrons. The Morgan fingerprint density at radius 2 is 2.04 bits per heavy atom. The number of hydrogen-bond donors (Lipinski definition) is 1. The summed E-state index contributed by atoms with van der Waals surface area (Å²) in [5, 5.41) is 6.02. The van der Waals surface area contributed by atoms with Crippen molar-refractivity contribution in [2.75, 3.05) is 23.3 Å². The Balaban J connectivity index is 1.53. The van der Waals surface area contributed by atoms with Crippen LogP contribution < -0.4 is 10.2 Å². The lowest BCUT2D eigenvalue weighted by Crippen LogP contribution is -2.21. The molecule has 0 bridgehead atoms. The number of rotatable bonds is 4. The van der Waals surface area contributed by atoms with Gasteiger partial charge in [0.25, 0.3) is 0 Å². The van der Waals surface area contributed by atoms with Crippen molar-refractivity contribution < 1.29 is 0 Å². The Kier molecular flexibility index (Phi) is 4.04. The van der Waals surface area contributed by atoms with E-state index in [2.05, 4.69) is 35.1 Å². The van der Waals surface area contributed by atoms with Gasteiger partial charge in [0.15, 0.2) is 5.13 Å². The molecule has 0 aliphatic carbocycles. The SMILES string of the molecule is Cc1nc(Nc2nccs2)cc(C2CCN(c3ncccn3)C2)n1. The number of aryl methyl sites for hydroxylation is 1. The summed E-state index contributed by atoms with van der Waals surface area (Å²) in [5.41, 5.74) is 1.06. The zero-order valence-electron chi connectivity index (χ0n) is 13.3. The second-order valence-electron chi connectivity index (χ2n) is 5.67. The monoisotopic (exact) mass is 339 g/mol. The van der Waals surface area contributed by atoms with Gasteiger partial charge in [0.1, 0.15) is 11.6 Å². The number of aromatic nitrogens is 5. The van der Waals surface area contributed by atoms with Gasteiger partial charge in [-0.3, -0.25) is 0 Å². The van der Waals surface area contributed by atoms with E-state index in [1.165, 1.54) is 0 Å². The molecule has 1 unspecified atom stereocenters. The van der Waals surface area contributed by atoms with Crippen LogP contribution in [0, 0.1) is 6.92 Å². The Hall–Kier alpha value is -2.61. The van der Waals surface area contributed by atoms with Gasteiger partial charge < -0.3 is 10.2 Å². The van der Waals surface area contributed by atoms with Crippen LogP contribution in [-0.2, 0) is 0 Å². The molecule has 4 rings (SSSR count). The average Bonchev–Trinajstić information content (AvgIpc) is 3.27. The predicted octanol–water partition coefficient (Wildman–Crippen LogP) is 2.77. The van der Waals surface area contributed by atoms with Crippen molar-refractivity contribution in [3.05, 3.63) is 47.6 Å². The van der Waals surface area contributed by atoms with Crippen LogP contribution in [0.25, 0.3) is 0 Å². The van der Waals surface area contributed by atoms with Gasteiger partial charge in [-0.05, 0) is 19.4 Å². The van der Waals surface area contributed by atoms with Crippen LogP contribution in [0.5, 0.6) is 0 Å². The highest BCUT2D eigenvalue weighted by molar-refractivity contribution is 7.13. The average molecular weight is 339 g/mol. The van der Waals surface area contributed by atoms with E-state index in [9.17, 15) is 0 Å². The molecule has 0 aromatic carbocycles. The van der Waals surface area contributed by atoms with Gasteiger partial charge in [-0.1, -0.05) is 0 Å². The number of nitrogens with zero attached hydrogens (tertiary/aromatic N) is 6. The Morgan fingerprint density at radius 1 is 1.17 bits per heavy atom. The molecule has 3 aromatic rings. The Labute approximate surface area is 143 Å². The maximum absolute atomic E-state index is 4.64. The summed E-state index contributed by atoms with van der Waals surface area (Å²) in [4.78, 5) is 24.2. The van der Waals surface area contributed by atoms with Gasteiger partial charge >= 0.3 is 0 Å². The van der Waals surface area contributed by atoms with Gasteiger partial charge in [-0.15, -0.1) is 11.3 Å². The molecule has 1 saturated heterocycles. The lowest BCUT2D eigenvalue weighted by Gasteiger charge is -2.16. The summed E-state index contributed by atoms with van der Waals surface area (Å²) in [6.45, 7) is 3.73. The lowest BCUT2D eigenvalue weighted by atomic mass is 10.0. The fourth-order valence-electron chi connectivity index (χ4n) is 2.90. The molecule has 4 heterocycles. The first-order valence-electron chi connectivity index (χ1n) is 7.82. The van der Waals surface area contributed by atoms with Crippen LogP contribution in [0.3, 0.4) is 0 Å². The molecule has 122 valence electrons. The largest absolute Gasteiger partial charge is 0.340 e. The highest BCUT2D eigenvalue weighted by atomic mass is 32.1. The fraction of sp³-hybridized carbons (Fsp3) is 0.312. The fourth-order valence-corrected chi connectivity index (χ4v) is 3.43. The molecule has 0 spiro atoms. The van der Waals surface area contributed by atoms with E-state index < -0.39 is 0 Å². The van der Waals surface area contributed by atoms with E-state index in [1.54, 1.807) is 29.9 Å². The summed E-state index contributed by atoms with van der Waals surface area (Å²) in [6, 6.07) is 3.86. The molecule has 8 heteroatoms. The van der Waals surface area contributed by atoms with E-state index in [0.717, 1.165) is 47.9 Å². The quantitative estimate of drug-likeness (QED) is 0.783. The molecule has 1 aliphatic heterocycles. The number of nitrogens with one attached hydrogen (secondary N) is 1. The zero-order chi connectivity index (χ0) is 16.4. The minimum Gasteiger partial charge on any atom is -0.340 e. The summed E-state index contributed by atoms with van der Waals surface area (Å²) in [7, 11) is 0. The van der Waals surface area contributed by atoms with Crippen LogP contribution in [0.15, 0.2) is 36.1 Å². The summed E-state index contributed by atoms with van der Waals surface area (Å²) in [5.74, 6) is 2.70. The second kappa shape index (κ2) is 6.48. The Bertz CT molecular complexity index is 807. The van der Waals surface area contributed by atoms with Gasteiger partial charge in [0.2, 0.25) is 5.95 Å². The molecular formula is C16H17N7S. The van der Waals surface area contributed by atoms with E-state index >= 15 is 0 Å². The highest BCUT2D eigenvalue weighted by Gasteiger charge is 2.27. The topological polar surface area (TPSA) is 79.7 Å². The van der Waals surface area contributed by atoms with Crippen molar-refractivity contribution >= 4 is 28.2 Å². The first-order valence-corrected chi connectivity index (χ1v) is 8.70. The highest BCUT2D eigenvalue weighted by Crippen LogP contribution is 2.29. The van der Waals surface area contributed by atoms with Gasteiger partial charge in [0.05, 0.1) is 5.69 Å². The Morgan fingerprint density at radius 3 is 2.83 bits per heavy atom. The van der Waals surface area contributed by atoms with Gasteiger partial charge in [0, 0.05) is 49.0 Å². The second-order valence-corrected chi connectivity index (χ2v) is 6.56. The molecule has 1 N–H and O–H groups in total. The van der Waals surface area contributed by atoms with E-state index in [4.69, 9.17) is 0 Å². The van der Waals surface area contributed by atoms with E-state index in [-0.39, 0.29) is 0 Å². The third-order valence-electron chi connectivity index (χ3n) is 3.97. The minimum atomic E-state index is 0.354. The number of anilines is 3. The van der Waals surface area contributed by atoms with Crippen molar-refractivity contribution in [1.29, 1.82) is 0 Å². The molecule has 0 saturated carbocycles. The minimum absolute atomic E-state index is 0.354. The van der Waals surface area contributed by atoms with Crippen LogP contribution in [0.4, 0.5) is 16.9 Å². The van der Waals surface area contributed by atoms with Gasteiger partial charge in [-0.25, -0.2) is 24.9 Å². The summed E-state index contributed by atoms with van der Waals surface area (Å²) in [6.07, 6.45) is 6.36. The molecule has 24 heavy (non-hydrogen) atoms. The smallest absolute Gasteiger partial charge is 0.225 e. The van der Waals surface area contributed by atoms with Crippen LogP contribution in [-0.4, -0.2) is 38.0 Å². The van der Waals surface area contributed by atoms with Crippen molar-refractivity contribution in [3.63, 3.8) is 0 Å². The summed E-state index contributed by atoms with van der Waals surface area (Å²) >= 11 is 1.55. The maximum Gasteiger partial charge on any atom is 0.225 e. The van der Waals surface area contributed by atoms with E-state index in [1.807, 2.05) is 24.4 Å². The molecule has 0 amide bonds. The third-order valence-corrected chi connectivity index (χ3v) is 4.66.